The third-order valence-electron chi connectivity index (χ3n) is 1.57. The van der Waals surface area contributed by atoms with Gasteiger partial charge in [0.05, 0.1) is 19.6 Å². The molecule has 0 aliphatic rings. The molecule has 0 bridgehead atoms. The topological polar surface area (TPSA) is 108 Å². The van der Waals surface area contributed by atoms with Gasteiger partial charge >= 0.3 is 11.9 Å². The molecule has 1 atom stereocenters. The zero-order valence-electron chi connectivity index (χ0n) is 11.0. The number of rotatable bonds is 8. The number of esters is 1. The summed E-state index contributed by atoms with van der Waals surface area (Å²) in [5, 5.41) is 8.30. The molecule has 0 spiro atoms. The molecule has 0 aromatic heterocycles. The molecule has 7 heteroatoms. The number of ether oxygens (including phenoxy) is 3. The van der Waals surface area contributed by atoms with Gasteiger partial charge in [-0.15, -0.1) is 0 Å². The predicted molar refractivity (Wildman–Crippen MR) is 62.8 cm³/mol. The van der Waals surface area contributed by atoms with Gasteiger partial charge in [-0.3, -0.25) is 4.79 Å². The fourth-order valence-electron chi connectivity index (χ4n) is 1.02. The average Bonchev–Trinajstić information content (AvgIpc) is 2.12. The molecule has 0 amide bonds. The van der Waals surface area contributed by atoms with Crippen LogP contribution in [0.3, 0.4) is 0 Å². The summed E-state index contributed by atoms with van der Waals surface area (Å²) in [6.07, 6.45) is -0.843. The standard InChI is InChI=1S/C11H21NO6/c1-11(2,3)18-10(15)6-8(12)17-5-4-16-7-9(13)14/h8H,4-7,12H2,1-3H3,(H,13,14). The van der Waals surface area contributed by atoms with Crippen molar-refractivity contribution >= 4 is 11.9 Å². The lowest BCUT2D eigenvalue weighted by atomic mass is 10.2. The molecule has 0 aromatic carbocycles. The van der Waals surface area contributed by atoms with Crippen LogP contribution >= 0.6 is 0 Å². The molecule has 0 aliphatic carbocycles. The number of hydrogen-bond donors (Lipinski definition) is 2. The lowest BCUT2D eigenvalue weighted by Crippen LogP contribution is -2.32. The SMILES string of the molecule is CC(C)(C)OC(=O)CC(N)OCCOCC(=O)O. The van der Waals surface area contributed by atoms with Gasteiger partial charge in [-0.05, 0) is 20.8 Å². The smallest absolute Gasteiger partial charge is 0.329 e. The van der Waals surface area contributed by atoms with Crippen LogP contribution in [-0.4, -0.2) is 48.7 Å². The number of carbonyl (C=O) groups is 2. The Kier molecular flexibility index (Phi) is 7.49. The summed E-state index contributed by atoms with van der Waals surface area (Å²) in [6, 6.07) is 0. The van der Waals surface area contributed by atoms with E-state index in [4.69, 9.17) is 25.1 Å². The Hall–Kier alpha value is -1.18. The van der Waals surface area contributed by atoms with Gasteiger partial charge in [-0.1, -0.05) is 0 Å². The minimum absolute atomic E-state index is 0.0593. The minimum atomic E-state index is -1.05. The molecule has 0 rings (SSSR count). The van der Waals surface area contributed by atoms with E-state index in [-0.39, 0.29) is 26.2 Å². The van der Waals surface area contributed by atoms with Crippen LogP contribution in [0.4, 0.5) is 0 Å². The first-order chi connectivity index (χ1) is 8.20. The molecule has 0 fully saturated rings. The number of aliphatic carboxylic acids is 1. The first-order valence-corrected chi connectivity index (χ1v) is 5.59. The maximum atomic E-state index is 11.4. The average molecular weight is 263 g/mol. The van der Waals surface area contributed by atoms with Crippen LogP contribution in [0.15, 0.2) is 0 Å². The first kappa shape index (κ1) is 16.8. The molecule has 0 radical (unpaired) electrons. The van der Waals surface area contributed by atoms with E-state index in [1.165, 1.54) is 0 Å². The highest BCUT2D eigenvalue weighted by atomic mass is 16.6. The molecule has 0 aliphatic heterocycles. The zero-order valence-corrected chi connectivity index (χ0v) is 11.0. The van der Waals surface area contributed by atoms with E-state index in [1.54, 1.807) is 20.8 Å². The number of hydrogen-bond acceptors (Lipinski definition) is 6. The van der Waals surface area contributed by atoms with Crippen molar-refractivity contribution in [2.45, 2.75) is 39.0 Å². The highest BCUT2D eigenvalue weighted by Gasteiger charge is 2.18. The van der Waals surface area contributed by atoms with E-state index >= 15 is 0 Å². The molecule has 0 heterocycles. The summed E-state index contributed by atoms with van der Waals surface area (Å²) < 4.78 is 14.9. The summed E-state index contributed by atoms with van der Waals surface area (Å²) in [5.74, 6) is -1.49. The largest absolute Gasteiger partial charge is 0.480 e. The third-order valence-corrected chi connectivity index (χ3v) is 1.57. The molecule has 18 heavy (non-hydrogen) atoms. The predicted octanol–water partition coefficient (Wildman–Crippen LogP) is 0.121. The van der Waals surface area contributed by atoms with E-state index in [9.17, 15) is 9.59 Å². The summed E-state index contributed by atoms with van der Waals surface area (Å²) in [7, 11) is 0. The van der Waals surface area contributed by atoms with Crippen molar-refractivity contribution < 1.29 is 28.9 Å². The lowest BCUT2D eigenvalue weighted by molar-refractivity contribution is -0.158. The van der Waals surface area contributed by atoms with Gasteiger partial charge in [0.2, 0.25) is 0 Å². The normalized spacial score (nSPS) is 13.1. The van der Waals surface area contributed by atoms with Crippen LogP contribution in [0.25, 0.3) is 0 Å². The second kappa shape index (κ2) is 8.02. The van der Waals surface area contributed by atoms with Gasteiger partial charge in [0.15, 0.2) is 0 Å². The van der Waals surface area contributed by atoms with Crippen molar-refractivity contribution in [2.75, 3.05) is 19.8 Å². The summed E-state index contributed by atoms with van der Waals surface area (Å²) in [6.45, 7) is 5.13. The Labute approximate surface area is 106 Å². The van der Waals surface area contributed by atoms with E-state index in [2.05, 4.69) is 0 Å². The van der Waals surface area contributed by atoms with Crippen molar-refractivity contribution in [3.63, 3.8) is 0 Å². The quantitative estimate of drug-likeness (QED) is 0.364. The zero-order chi connectivity index (χ0) is 14.2. The maximum absolute atomic E-state index is 11.4. The summed E-state index contributed by atoms with van der Waals surface area (Å²) >= 11 is 0. The Bertz CT molecular complexity index is 273. The second-order valence-corrected chi connectivity index (χ2v) is 4.65. The summed E-state index contributed by atoms with van der Waals surface area (Å²) in [5.41, 5.74) is 4.99. The van der Waals surface area contributed by atoms with E-state index in [1.807, 2.05) is 0 Å². The van der Waals surface area contributed by atoms with Crippen molar-refractivity contribution in [1.29, 1.82) is 0 Å². The fraction of sp³-hybridized carbons (Fsp3) is 0.818. The number of carboxylic acids is 1. The van der Waals surface area contributed by atoms with Crippen LogP contribution in [0.5, 0.6) is 0 Å². The van der Waals surface area contributed by atoms with Crippen molar-refractivity contribution in [2.24, 2.45) is 5.73 Å². The van der Waals surface area contributed by atoms with Gasteiger partial charge in [-0.25, -0.2) is 4.79 Å². The molecular weight excluding hydrogens is 242 g/mol. The van der Waals surface area contributed by atoms with Gasteiger partial charge in [0.1, 0.15) is 18.4 Å². The molecule has 3 N–H and O–H groups in total. The number of carboxylic acid groups (broad SMARTS) is 1. The fourth-order valence-corrected chi connectivity index (χ4v) is 1.02. The van der Waals surface area contributed by atoms with Crippen molar-refractivity contribution in [3.8, 4) is 0 Å². The van der Waals surface area contributed by atoms with Gasteiger partial charge < -0.3 is 25.1 Å². The second-order valence-electron chi connectivity index (χ2n) is 4.65. The number of carbonyl (C=O) groups excluding carboxylic acids is 1. The van der Waals surface area contributed by atoms with Crippen molar-refractivity contribution in [1.82, 2.24) is 0 Å². The maximum Gasteiger partial charge on any atom is 0.329 e. The molecule has 0 saturated heterocycles. The lowest BCUT2D eigenvalue weighted by Gasteiger charge is -2.21. The molecule has 0 saturated carbocycles. The van der Waals surface area contributed by atoms with Crippen LogP contribution in [0.1, 0.15) is 27.2 Å². The Morgan fingerprint density at radius 1 is 1.28 bits per heavy atom. The van der Waals surface area contributed by atoms with Crippen LogP contribution in [-0.2, 0) is 23.8 Å². The highest BCUT2D eigenvalue weighted by molar-refractivity contribution is 5.70. The van der Waals surface area contributed by atoms with Crippen LogP contribution in [0.2, 0.25) is 0 Å². The Morgan fingerprint density at radius 2 is 1.89 bits per heavy atom. The van der Waals surface area contributed by atoms with Crippen molar-refractivity contribution in [3.05, 3.63) is 0 Å². The molecular formula is C11H21NO6. The van der Waals surface area contributed by atoms with Crippen LogP contribution in [0, 0.1) is 0 Å². The summed E-state index contributed by atoms with van der Waals surface area (Å²) in [4.78, 5) is 21.5. The molecule has 7 nitrogen and oxygen atoms in total. The Balaban J connectivity index is 3.62. The number of nitrogens with two attached hydrogens (primary N) is 1. The Morgan fingerprint density at radius 3 is 2.39 bits per heavy atom. The van der Waals surface area contributed by atoms with E-state index in [0.717, 1.165) is 0 Å². The monoisotopic (exact) mass is 263 g/mol. The van der Waals surface area contributed by atoms with Gasteiger partial charge in [0, 0.05) is 0 Å². The third kappa shape index (κ3) is 11.3. The van der Waals surface area contributed by atoms with E-state index < -0.39 is 23.8 Å². The molecule has 0 aromatic rings. The molecule has 106 valence electrons. The van der Waals surface area contributed by atoms with Gasteiger partial charge in [0.25, 0.3) is 0 Å². The van der Waals surface area contributed by atoms with Crippen LogP contribution < -0.4 is 5.73 Å². The van der Waals surface area contributed by atoms with E-state index in [0.29, 0.717) is 0 Å². The highest BCUT2D eigenvalue weighted by Crippen LogP contribution is 2.09. The first-order valence-electron chi connectivity index (χ1n) is 5.59. The minimum Gasteiger partial charge on any atom is -0.480 e. The van der Waals surface area contributed by atoms with Gasteiger partial charge in [-0.2, -0.15) is 0 Å². The molecule has 1 unspecified atom stereocenters.